The van der Waals surface area contributed by atoms with Gasteiger partial charge in [0.2, 0.25) is 3.79 Å². The molecule has 86 valence electrons. The first-order valence-electron chi connectivity index (χ1n) is 4.28. The average Bonchev–Trinajstić information content (AvgIpc) is 2.10. The van der Waals surface area contributed by atoms with E-state index in [0.717, 1.165) is 18.3 Å². The Hall–Kier alpha value is 1.83. The van der Waals surface area contributed by atoms with Crippen molar-refractivity contribution in [2.24, 2.45) is 0 Å². The second-order valence-electron chi connectivity index (χ2n) is 2.65. The molecule has 0 aliphatic rings. The average molecular weight is 316 g/mol. The second kappa shape index (κ2) is 7.21. The van der Waals surface area contributed by atoms with Crippen molar-refractivity contribution in [3.05, 3.63) is 0 Å². The lowest BCUT2D eigenvalue weighted by molar-refractivity contribution is 0.368. The highest BCUT2D eigenvalue weighted by molar-refractivity contribution is 8.69. The van der Waals surface area contributed by atoms with Gasteiger partial charge in [0.05, 0.1) is 6.61 Å². The molecule has 0 aromatic rings. The van der Waals surface area contributed by atoms with Gasteiger partial charge in [0.25, 0.3) is 0 Å². The second-order valence-corrected chi connectivity index (χ2v) is 13.0. The summed E-state index contributed by atoms with van der Waals surface area (Å²) in [7, 11) is 0. The first kappa shape index (κ1) is 15.8. The van der Waals surface area contributed by atoms with Crippen molar-refractivity contribution in [3.8, 4) is 0 Å². The molecule has 0 amide bonds. The van der Waals surface area contributed by atoms with E-state index in [1.165, 1.54) is 0 Å². The molecule has 0 saturated heterocycles. The fraction of sp³-hybridized carbons (Fsp3) is 1.00. The Bertz CT molecular complexity index is 208. The first-order valence-corrected chi connectivity index (χ1v) is 9.91. The standard InChI is InChI=1S/C7H14Cl3OPS2/c1-3-5-14-12(13,4-2)11-6-7(8,9)10/h3-6H2,1-2H3. The third-order valence-electron chi connectivity index (χ3n) is 1.30. The molecule has 1 nitrogen and oxygen atoms in total. The van der Waals surface area contributed by atoms with Crippen LogP contribution in [0, 0.1) is 0 Å². The van der Waals surface area contributed by atoms with Crippen molar-refractivity contribution in [2.45, 2.75) is 24.1 Å². The van der Waals surface area contributed by atoms with Gasteiger partial charge in [0.1, 0.15) is 5.47 Å². The van der Waals surface area contributed by atoms with Gasteiger partial charge in [-0.25, -0.2) is 0 Å². The van der Waals surface area contributed by atoms with Crippen LogP contribution in [0.2, 0.25) is 0 Å². The van der Waals surface area contributed by atoms with Crippen LogP contribution in [0.5, 0.6) is 0 Å². The molecule has 0 bridgehead atoms. The molecule has 0 heterocycles. The Morgan fingerprint density at radius 3 is 2.29 bits per heavy atom. The Kier molecular flexibility index (Phi) is 8.16. The summed E-state index contributed by atoms with van der Waals surface area (Å²) in [6, 6.07) is 0. The molecule has 0 spiro atoms. The summed E-state index contributed by atoms with van der Waals surface area (Å²) in [6.45, 7) is 4.21. The van der Waals surface area contributed by atoms with Crippen LogP contribution in [0.4, 0.5) is 0 Å². The third kappa shape index (κ3) is 8.04. The van der Waals surface area contributed by atoms with Crippen molar-refractivity contribution in [1.29, 1.82) is 0 Å². The fourth-order valence-corrected chi connectivity index (χ4v) is 5.45. The number of rotatable bonds is 6. The normalized spacial score (nSPS) is 16.6. The molecule has 0 aliphatic heterocycles. The summed E-state index contributed by atoms with van der Waals surface area (Å²) in [6.07, 6.45) is 1.91. The van der Waals surface area contributed by atoms with E-state index in [-0.39, 0.29) is 6.61 Å². The van der Waals surface area contributed by atoms with E-state index in [9.17, 15) is 0 Å². The van der Waals surface area contributed by atoms with Crippen LogP contribution in [0.15, 0.2) is 0 Å². The van der Waals surface area contributed by atoms with E-state index in [0.29, 0.717) is 0 Å². The zero-order chi connectivity index (χ0) is 11.2. The van der Waals surface area contributed by atoms with Crippen LogP contribution in [0.25, 0.3) is 0 Å². The minimum atomic E-state index is -1.82. The molecular weight excluding hydrogens is 302 g/mol. The maximum atomic E-state index is 5.60. The van der Waals surface area contributed by atoms with Gasteiger partial charge in [-0.3, -0.25) is 0 Å². The van der Waals surface area contributed by atoms with Crippen LogP contribution < -0.4 is 0 Å². The van der Waals surface area contributed by atoms with E-state index in [2.05, 4.69) is 6.92 Å². The summed E-state index contributed by atoms with van der Waals surface area (Å²) in [5.41, 5.74) is -1.82. The van der Waals surface area contributed by atoms with E-state index in [4.69, 9.17) is 51.1 Å². The minimum Gasteiger partial charge on any atom is -0.337 e. The monoisotopic (exact) mass is 314 g/mol. The van der Waals surface area contributed by atoms with Gasteiger partial charge in [-0.05, 0) is 12.2 Å². The van der Waals surface area contributed by atoms with Gasteiger partial charge >= 0.3 is 0 Å². The largest absolute Gasteiger partial charge is 0.337 e. The predicted molar refractivity (Wildman–Crippen MR) is 73.8 cm³/mol. The number of hydrogen-bond donors (Lipinski definition) is 0. The lowest BCUT2D eigenvalue weighted by Crippen LogP contribution is -2.11. The molecule has 0 radical (unpaired) electrons. The summed E-state index contributed by atoms with van der Waals surface area (Å²) < 4.78 is 4.18. The molecule has 7 heteroatoms. The van der Waals surface area contributed by atoms with Gasteiger partial charge in [-0.1, -0.05) is 71.8 Å². The Morgan fingerprint density at radius 1 is 1.36 bits per heavy atom. The SMILES string of the molecule is CCCSP(=S)(CC)OCC(Cl)(Cl)Cl. The maximum absolute atomic E-state index is 5.60. The summed E-state index contributed by atoms with van der Waals surface area (Å²) in [5, 5.41) is 0. The molecule has 0 aliphatic carbocycles. The molecule has 1 atom stereocenters. The smallest absolute Gasteiger partial charge is 0.213 e. The van der Waals surface area contributed by atoms with E-state index in [1.54, 1.807) is 11.4 Å². The number of alkyl halides is 3. The Balaban J connectivity index is 4.06. The van der Waals surface area contributed by atoms with Crippen LogP contribution in [-0.4, -0.2) is 22.3 Å². The van der Waals surface area contributed by atoms with Gasteiger partial charge in [0, 0.05) is 6.16 Å². The van der Waals surface area contributed by atoms with E-state index in [1.807, 2.05) is 6.92 Å². The molecular formula is C7H14Cl3OPS2. The van der Waals surface area contributed by atoms with Crippen LogP contribution in [-0.2, 0) is 16.3 Å². The van der Waals surface area contributed by atoms with Crippen molar-refractivity contribution < 1.29 is 4.52 Å². The summed E-state index contributed by atoms with van der Waals surface area (Å²) in [4.78, 5) is 0. The highest BCUT2D eigenvalue weighted by atomic mass is 35.6. The number of halogens is 3. The number of hydrogen-bond acceptors (Lipinski definition) is 3. The van der Waals surface area contributed by atoms with Crippen LogP contribution >= 0.6 is 51.7 Å². The Morgan fingerprint density at radius 2 is 1.93 bits per heavy atom. The lowest BCUT2D eigenvalue weighted by atomic mass is 10.6. The zero-order valence-electron chi connectivity index (χ0n) is 8.13. The quantitative estimate of drug-likeness (QED) is 0.512. The Labute approximate surface area is 110 Å². The van der Waals surface area contributed by atoms with Crippen LogP contribution in [0.1, 0.15) is 20.3 Å². The molecule has 14 heavy (non-hydrogen) atoms. The van der Waals surface area contributed by atoms with E-state index >= 15 is 0 Å². The third-order valence-corrected chi connectivity index (χ3v) is 8.77. The fourth-order valence-electron chi connectivity index (χ4n) is 0.622. The van der Waals surface area contributed by atoms with Gasteiger partial charge in [0.15, 0.2) is 0 Å². The molecule has 0 saturated carbocycles. The van der Waals surface area contributed by atoms with Gasteiger partial charge < -0.3 is 4.52 Å². The highest BCUT2D eigenvalue weighted by Crippen LogP contribution is 2.60. The summed E-state index contributed by atoms with van der Waals surface area (Å²) in [5.74, 6) is 1.00. The summed E-state index contributed by atoms with van der Waals surface area (Å²) >= 11 is 23.9. The maximum Gasteiger partial charge on any atom is 0.213 e. The molecule has 0 aromatic heterocycles. The van der Waals surface area contributed by atoms with Crippen molar-refractivity contribution in [1.82, 2.24) is 0 Å². The predicted octanol–water partition coefficient (Wildman–Crippen LogP) is 4.85. The molecule has 0 fully saturated rings. The van der Waals surface area contributed by atoms with Gasteiger partial charge in [-0.2, -0.15) is 0 Å². The molecule has 1 unspecified atom stereocenters. The lowest BCUT2D eigenvalue weighted by Gasteiger charge is -2.22. The zero-order valence-corrected chi connectivity index (χ0v) is 12.9. The topological polar surface area (TPSA) is 9.23 Å². The van der Waals surface area contributed by atoms with Crippen molar-refractivity contribution >= 4 is 63.5 Å². The van der Waals surface area contributed by atoms with Gasteiger partial charge in [-0.15, -0.1) is 0 Å². The molecule has 0 N–H and O–H groups in total. The van der Waals surface area contributed by atoms with Crippen molar-refractivity contribution in [3.63, 3.8) is 0 Å². The van der Waals surface area contributed by atoms with Crippen LogP contribution in [0.3, 0.4) is 0 Å². The molecule has 0 rings (SSSR count). The highest BCUT2D eigenvalue weighted by Gasteiger charge is 2.25. The first-order chi connectivity index (χ1) is 6.33. The van der Waals surface area contributed by atoms with Crippen molar-refractivity contribution in [2.75, 3.05) is 18.5 Å². The minimum absolute atomic E-state index is 0.0828. The molecule has 0 aromatic carbocycles. The van der Waals surface area contributed by atoms with E-state index < -0.39 is 9.26 Å².